The van der Waals surface area contributed by atoms with Gasteiger partial charge in [-0.1, -0.05) is 36.4 Å². The summed E-state index contributed by atoms with van der Waals surface area (Å²) in [6.07, 6.45) is 2.99. The number of carbonyl (C=O) groups excluding carboxylic acids is 2. The first-order chi connectivity index (χ1) is 14.4. The van der Waals surface area contributed by atoms with Crippen LogP contribution in [0.1, 0.15) is 43.0 Å². The Bertz CT molecular complexity index is 1290. The maximum atomic E-state index is 12.8. The molecule has 0 radical (unpaired) electrons. The van der Waals surface area contributed by atoms with E-state index in [1.807, 2.05) is 0 Å². The first kappa shape index (κ1) is 18.9. The van der Waals surface area contributed by atoms with Crippen LogP contribution in [0.2, 0.25) is 0 Å². The van der Waals surface area contributed by atoms with E-state index in [1.54, 1.807) is 48.5 Å². The quantitative estimate of drug-likeness (QED) is 0.283. The van der Waals surface area contributed by atoms with Crippen LogP contribution < -0.4 is 0 Å². The third kappa shape index (κ3) is 3.16. The highest BCUT2D eigenvalue weighted by Gasteiger charge is 2.29. The van der Waals surface area contributed by atoms with E-state index in [4.69, 9.17) is 0 Å². The SMILES string of the molecule is O=C1c2ccccc2C(=O)c2cc(C=Cc3ccc([N+](=O)[O-])cc3[N+](=O)[O-])ccc21. The minimum absolute atomic E-state index is 0.177. The molecule has 0 saturated heterocycles. The lowest BCUT2D eigenvalue weighted by Crippen LogP contribution is -2.20. The molecule has 0 N–H and O–H groups in total. The van der Waals surface area contributed by atoms with E-state index in [0.717, 1.165) is 6.07 Å². The Morgan fingerprint density at radius 2 is 1.30 bits per heavy atom. The van der Waals surface area contributed by atoms with E-state index in [-0.39, 0.29) is 28.4 Å². The van der Waals surface area contributed by atoms with Crippen LogP contribution in [-0.4, -0.2) is 21.4 Å². The van der Waals surface area contributed by atoms with E-state index in [0.29, 0.717) is 22.3 Å². The summed E-state index contributed by atoms with van der Waals surface area (Å²) in [5.74, 6) is -0.501. The molecule has 1 aliphatic rings. The van der Waals surface area contributed by atoms with Gasteiger partial charge in [-0.3, -0.25) is 29.8 Å². The number of rotatable bonds is 4. The van der Waals surface area contributed by atoms with E-state index in [1.165, 1.54) is 18.2 Å². The first-order valence-corrected chi connectivity index (χ1v) is 8.80. The van der Waals surface area contributed by atoms with Crippen molar-refractivity contribution in [2.75, 3.05) is 0 Å². The molecule has 0 aliphatic heterocycles. The summed E-state index contributed by atoms with van der Waals surface area (Å²) in [6, 6.07) is 14.7. The molecule has 4 rings (SSSR count). The van der Waals surface area contributed by atoms with Crippen molar-refractivity contribution in [2.45, 2.75) is 0 Å². The van der Waals surface area contributed by atoms with Crippen LogP contribution >= 0.6 is 0 Å². The summed E-state index contributed by atoms with van der Waals surface area (Å²) in [4.78, 5) is 46.2. The van der Waals surface area contributed by atoms with Gasteiger partial charge >= 0.3 is 0 Å². The predicted molar refractivity (Wildman–Crippen MR) is 108 cm³/mol. The summed E-state index contributed by atoms with van der Waals surface area (Å²) in [5.41, 5.74) is 1.21. The van der Waals surface area contributed by atoms with Gasteiger partial charge in [0.15, 0.2) is 11.6 Å². The molecule has 0 unspecified atom stereocenters. The van der Waals surface area contributed by atoms with E-state index in [2.05, 4.69) is 0 Å². The molecule has 0 fully saturated rings. The van der Waals surface area contributed by atoms with Gasteiger partial charge in [0.25, 0.3) is 11.4 Å². The fourth-order valence-electron chi connectivity index (χ4n) is 3.35. The van der Waals surface area contributed by atoms with Gasteiger partial charge in [-0.25, -0.2) is 0 Å². The number of nitro benzene ring substituents is 2. The van der Waals surface area contributed by atoms with E-state index < -0.39 is 15.5 Å². The van der Waals surface area contributed by atoms with E-state index >= 15 is 0 Å². The normalized spacial score (nSPS) is 12.5. The number of carbonyl (C=O) groups is 2. The minimum Gasteiger partial charge on any atom is -0.289 e. The average Bonchev–Trinajstić information content (AvgIpc) is 2.75. The lowest BCUT2D eigenvalue weighted by atomic mass is 9.83. The Morgan fingerprint density at radius 1 is 0.667 bits per heavy atom. The molecule has 3 aromatic carbocycles. The molecule has 30 heavy (non-hydrogen) atoms. The highest BCUT2D eigenvalue weighted by molar-refractivity contribution is 6.28. The van der Waals surface area contributed by atoms with Gasteiger partial charge in [0.1, 0.15) is 0 Å². The molecule has 0 bridgehead atoms. The summed E-state index contributed by atoms with van der Waals surface area (Å²) >= 11 is 0. The number of non-ortho nitro benzene ring substituents is 1. The van der Waals surface area contributed by atoms with Crippen molar-refractivity contribution in [2.24, 2.45) is 0 Å². The smallest absolute Gasteiger partial charge is 0.283 e. The van der Waals surface area contributed by atoms with Crippen molar-refractivity contribution in [1.82, 2.24) is 0 Å². The second-order valence-corrected chi connectivity index (χ2v) is 6.60. The Kier molecular flexibility index (Phi) is 4.51. The van der Waals surface area contributed by atoms with Crippen molar-refractivity contribution >= 4 is 35.1 Å². The van der Waals surface area contributed by atoms with Crippen LogP contribution in [0.25, 0.3) is 12.2 Å². The molecule has 0 aromatic heterocycles. The van der Waals surface area contributed by atoms with Crippen molar-refractivity contribution in [3.8, 4) is 0 Å². The number of nitro groups is 2. The third-order valence-corrected chi connectivity index (χ3v) is 4.83. The van der Waals surface area contributed by atoms with Crippen LogP contribution in [-0.2, 0) is 0 Å². The van der Waals surface area contributed by atoms with Crippen molar-refractivity contribution in [3.05, 3.63) is 114 Å². The maximum Gasteiger partial charge on any atom is 0.283 e. The van der Waals surface area contributed by atoms with Crippen LogP contribution in [0.15, 0.2) is 60.7 Å². The molecule has 1 aliphatic carbocycles. The molecule has 0 saturated carbocycles. The summed E-state index contributed by atoms with van der Waals surface area (Å²) in [5, 5.41) is 22.1. The Labute approximate surface area is 169 Å². The minimum atomic E-state index is -0.704. The second-order valence-electron chi connectivity index (χ2n) is 6.60. The molecule has 0 spiro atoms. The van der Waals surface area contributed by atoms with Gasteiger partial charge in [-0.15, -0.1) is 0 Å². The van der Waals surface area contributed by atoms with Gasteiger partial charge in [0, 0.05) is 28.3 Å². The van der Waals surface area contributed by atoms with Crippen molar-refractivity contribution < 1.29 is 19.4 Å². The fraction of sp³-hybridized carbons (Fsp3) is 0. The lowest BCUT2D eigenvalue weighted by molar-refractivity contribution is -0.394. The summed E-state index contributed by atoms with van der Waals surface area (Å²) in [7, 11) is 0. The molecule has 146 valence electrons. The monoisotopic (exact) mass is 400 g/mol. The highest BCUT2D eigenvalue weighted by atomic mass is 16.6. The summed E-state index contributed by atoms with van der Waals surface area (Å²) in [6.45, 7) is 0. The van der Waals surface area contributed by atoms with Gasteiger partial charge < -0.3 is 0 Å². The lowest BCUT2D eigenvalue weighted by Gasteiger charge is -2.17. The zero-order valence-electron chi connectivity index (χ0n) is 15.3. The Morgan fingerprint density at radius 3 is 1.93 bits per heavy atom. The maximum absolute atomic E-state index is 12.8. The number of benzene rings is 3. The average molecular weight is 400 g/mol. The van der Waals surface area contributed by atoms with Crippen LogP contribution in [0, 0.1) is 20.2 Å². The molecule has 0 heterocycles. The Hall–Kier alpha value is -4.46. The Balaban J connectivity index is 1.72. The molecular formula is C22H12N2O6. The molecule has 3 aromatic rings. The number of ketones is 2. The largest absolute Gasteiger partial charge is 0.289 e. The number of fused-ring (bicyclic) bond motifs is 2. The molecule has 0 atom stereocenters. The van der Waals surface area contributed by atoms with Gasteiger partial charge in [0.2, 0.25) is 0 Å². The number of hydrogen-bond acceptors (Lipinski definition) is 6. The number of hydrogen-bond donors (Lipinski definition) is 0. The van der Waals surface area contributed by atoms with E-state index in [9.17, 15) is 29.8 Å². The fourth-order valence-corrected chi connectivity index (χ4v) is 3.35. The summed E-state index contributed by atoms with van der Waals surface area (Å²) < 4.78 is 0. The molecular weight excluding hydrogens is 388 g/mol. The highest BCUT2D eigenvalue weighted by Crippen LogP contribution is 2.29. The topological polar surface area (TPSA) is 120 Å². The van der Waals surface area contributed by atoms with Crippen LogP contribution in [0.3, 0.4) is 0 Å². The van der Waals surface area contributed by atoms with Crippen molar-refractivity contribution in [3.63, 3.8) is 0 Å². The van der Waals surface area contributed by atoms with Crippen LogP contribution in [0.5, 0.6) is 0 Å². The zero-order valence-corrected chi connectivity index (χ0v) is 15.3. The van der Waals surface area contributed by atoms with Crippen LogP contribution in [0.4, 0.5) is 11.4 Å². The second kappa shape index (κ2) is 7.17. The first-order valence-electron chi connectivity index (χ1n) is 8.80. The number of nitrogens with zero attached hydrogens (tertiary/aromatic N) is 2. The van der Waals surface area contributed by atoms with Gasteiger partial charge in [-0.2, -0.15) is 0 Å². The van der Waals surface area contributed by atoms with Gasteiger partial charge in [0.05, 0.1) is 21.5 Å². The van der Waals surface area contributed by atoms with Crippen molar-refractivity contribution in [1.29, 1.82) is 0 Å². The van der Waals surface area contributed by atoms with Gasteiger partial charge in [-0.05, 0) is 29.8 Å². The predicted octanol–water partition coefficient (Wildman–Crippen LogP) is 4.45. The standard InChI is InChI=1S/C22H12N2O6/c25-21-16-3-1-2-4-17(16)22(26)19-11-13(6-10-18(19)21)5-7-14-8-9-15(23(27)28)12-20(14)24(29)30/h1-12H. The third-order valence-electron chi connectivity index (χ3n) is 4.83. The molecule has 0 amide bonds. The molecule has 8 heteroatoms. The zero-order chi connectivity index (χ0) is 21.4. The molecule has 8 nitrogen and oxygen atoms in total.